The van der Waals surface area contributed by atoms with E-state index < -0.39 is 0 Å². The first-order valence-electron chi connectivity index (χ1n) is 3.76. The molecule has 0 aliphatic rings. The van der Waals surface area contributed by atoms with Crippen molar-refractivity contribution in [3.8, 4) is 0 Å². The van der Waals surface area contributed by atoms with Crippen LogP contribution in [0.1, 0.15) is 13.3 Å². The van der Waals surface area contributed by atoms with Crippen LogP contribution in [0.2, 0.25) is 0 Å². The van der Waals surface area contributed by atoms with Gasteiger partial charge in [-0.05, 0) is 24.5 Å². The molecule has 0 aliphatic heterocycles. The zero-order chi connectivity index (χ0) is 7.66. The Morgan fingerprint density at radius 2 is 2.20 bits per heavy atom. The lowest BCUT2D eigenvalue weighted by molar-refractivity contribution is 0.710. The zero-order valence-corrected chi connectivity index (χ0v) is 8.10. The molecular weight excluding hydrogens is 166 g/mol. The minimum Gasteiger partial charge on any atom is -0.316 e. The summed E-state index contributed by atoms with van der Waals surface area (Å²) < 4.78 is 0. The van der Waals surface area contributed by atoms with E-state index in [1.807, 2.05) is 11.8 Å². The van der Waals surface area contributed by atoms with Crippen LogP contribution < -0.4 is 5.32 Å². The number of hydrogen-bond donors (Lipinski definition) is 1. The molecule has 0 heterocycles. The van der Waals surface area contributed by atoms with E-state index in [0.717, 1.165) is 19.0 Å². The topological polar surface area (TPSA) is 12.0 Å². The van der Waals surface area contributed by atoms with Crippen LogP contribution in [-0.2, 0) is 0 Å². The summed E-state index contributed by atoms with van der Waals surface area (Å²) in [6.07, 6.45) is 1.26. The fourth-order valence-corrected chi connectivity index (χ4v) is 1.41. The zero-order valence-electron chi connectivity index (χ0n) is 6.53. The molecule has 0 aromatic rings. The summed E-state index contributed by atoms with van der Waals surface area (Å²) in [6, 6.07) is 0. The van der Waals surface area contributed by atoms with Gasteiger partial charge in [-0.2, -0.15) is 11.8 Å². The third kappa shape index (κ3) is 8.60. The Hall–Kier alpha value is 0.600. The van der Waals surface area contributed by atoms with E-state index in [4.69, 9.17) is 11.6 Å². The maximum atomic E-state index is 5.47. The van der Waals surface area contributed by atoms with Crippen LogP contribution in [0.25, 0.3) is 0 Å². The van der Waals surface area contributed by atoms with Gasteiger partial charge in [-0.3, -0.25) is 0 Å². The molecular formula is C7H16ClNS. The monoisotopic (exact) mass is 181 g/mol. The van der Waals surface area contributed by atoms with E-state index in [0.29, 0.717) is 0 Å². The number of rotatable bonds is 7. The van der Waals surface area contributed by atoms with Crippen molar-refractivity contribution in [2.45, 2.75) is 13.3 Å². The number of nitrogens with one attached hydrogen (secondary N) is 1. The molecule has 0 amide bonds. The standard InChI is InChI=1S/C7H16ClNS/c1-2-10-7-3-5-9-6-4-8/h9H,2-7H2,1H3. The smallest absolute Gasteiger partial charge is 0.0348 e. The second-order valence-corrected chi connectivity index (χ2v) is 3.76. The van der Waals surface area contributed by atoms with Crippen LogP contribution in [0.5, 0.6) is 0 Å². The number of thioether (sulfide) groups is 1. The van der Waals surface area contributed by atoms with Crippen molar-refractivity contribution in [2.75, 3.05) is 30.5 Å². The summed E-state index contributed by atoms with van der Waals surface area (Å²) >= 11 is 7.47. The molecule has 0 fully saturated rings. The van der Waals surface area contributed by atoms with Crippen LogP contribution in [0.15, 0.2) is 0 Å². The van der Waals surface area contributed by atoms with Crippen molar-refractivity contribution in [1.29, 1.82) is 0 Å². The van der Waals surface area contributed by atoms with Gasteiger partial charge in [-0.25, -0.2) is 0 Å². The summed E-state index contributed by atoms with van der Waals surface area (Å²) in [7, 11) is 0. The Morgan fingerprint density at radius 3 is 2.80 bits per heavy atom. The van der Waals surface area contributed by atoms with Crippen LogP contribution in [0.3, 0.4) is 0 Å². The summed E-state index contributed by atoms with van der Waals surface area (Å²) in [5.41, 5.74) is 0. The molecule has 0 bridgehead atoms. The first-order chi connectivity index (χ1) is 4.91. The average Bonchev–Trinajstić information content (AvgIpc) is 1.97. The fraction of sp³-hybridized carbons (Fsp3) is 1.00. The van der Waals surface area contributed by atoms with Gasteiger partial charge >= 0.3 is 0 Å². The quantitative estimate of drug-likeness (QED) is 0.476. The molecule has 3 heteroatoms. The maximum Gasteiger partial charge on any atom is 0.0348 e. The molecule has 0 atom stereocenters. The second kappa shape index (κ2) is 9.60. The lowest BCUT2D eigenvalue weighted by Gasteiger charge is -2.00. The highest BCUT2D eigenvalue weighted by Gasteiger charge is 1.86. The second-order valence-electron chi connectivity index (χ2n) is 1.99. The highest BCUT2D eigenvalue weighted by Crippen LogP contribution is 1.99. The Kier molecular flexibility index (Phi) is 10.2. The van der Waals surface area contributed by atoms with Gasteiger partial charge in [-0.1, -0.05) is 6.92 Å². The number of halogens is 1. The van der Waals surface area contributed by atoms with Gasteiger partial charge in [-0.15, -0.1) is 11.6 Å². The van der Waals surface area contributed by atoms with Gasteiger partial charge in [0.15, 0.2) is 0 Å². The Balaban J connectivity index is 2.65. The molecule has 0 aromatic carbocycles. The fourth-order valence-electron chi connectivity index (χ4n) is 0.635. The van der Waals surface area contributed by atoms with Gasteiger partial charge in [0.05, 0.1) is 0 Å². The van der Waals surface area contributed by atoms with Gasteiger partial charge < -0.3 is 5.32 Å². The van der Waals surface area contributed by atoms with Crippen LogP contribution in [0, 0.1) is 0 Å². The van der Waals surface area contributed by atoms with E-state index in [9.17, 15) is 0 Å². The summed E-state index contributed by atoms with van der Waals surface area (Å²) in [6.45, 7) is 4.24. The third-order valence-electron chi connectivity index (χ3n) is 1.12. The average molecular weight is 182 g/mol. The van der Waals surface area contributed by atoms with Gasteiger partial charge in [0, 0.05) is 12.4 Å². The van der Waals surface area contributed by atoms with E-state index in [1.165, 1.54) is 17.9 Å². The van der Waals surface area contributed by atoms with E-state index >= 15 is 0 Å². The predicted molar refractivity (Wildman–Crippen MR) is 51.2 cm³/mol. The molecule has 0 aromatic heterocycles. The van der Waals surface area contributed by atoms with Crippen molar-refractivity contribution in [2.24, 2.45) is 0 Å². The van der Waals surface area contributed by atoms with E-state index in [-0.39, 0.29) is 0 Å². The molecule has 0 radical (unpaired) electrons. The highest BCUT2D eigenvalue weighted by atomic mass is 35.5. The minimum atomic E-state index is 0.723. The first kappa shape index (κ1) is 10.6. The van der Waals surface area contributed by atoms with Crippen molar-refractivity contribution < 1.29 is 0 Å². The molecule has 10 heavy (non-hydrogen) atoms. The van der Waals surface area contributed by atoms with E-state index in [1.54, 1.807) is 0 Å². The molecule has 62 valence electrons. The predicted octanol–water partition coefficient (Wildman–Crippen LogP) is 1.96. The molecule has 1 N–H and O–H groups in total. The maximum absolute atomic E-state index is 5.47. The number of hydrogen-bond acceptors (Lipinski definition) is 2. The SMILES string of the molecule is CCSCCCNCCCl. The summed E-state index contributed by atoms with van der Waals surface area (Å²) in [4.78, 5) is 0. The lowest BCUT2D eigenvalue weighted by atomic mass is 10.5. The van der Waals surface area contributed by atoms with Crippen LogP contribution in [0.4, 0.5) is 0 Å². The van der Waals surface area contributed by atoms with Crippen molar-refractivity contribution >= 4 is 23.4 Å². The normalized spacial score (nSPS) is 10.2. The van der Waals surface area contributed by atoms with Crippen LogP contribution >= 0.6 is 23.4 Å². The van der Waals surface area contributed by atoms with Gasteiger partial charge in [0.1, 0.15) is 0 Å². The molecule has 0 saturated carbocycles. The highest BCUT2D eigenvalue weighted by molar-refractivity contribution is 7.99. The summed E-state index contributed by atoms with van der Waals surface area (Å²) in [5, 5.41) is 3.25. The molecule has 0 saturated heterocycles. The third-order valence-corrected chi connectivity index (χ3v) is 2.29. The molecule has 1 nitrogen and oxygen atoms in total. The Bertz CT molecular complexity index is 53.6. The Morgan fingerprint density at radius 1 is 1.40 bits per heavy atom. The molecule has 0 unspecified atom stereocenters. The Labute approximate surface area is 72.9 Å². The molecule has 0 aliphatic carbocycles. The lowest BCUT2D eigenvalue weighted by Crippen LogP contribution is -2.18. The first-order valence-corrected chi connectivity index (χ1v) is 5.45. The van der Waals surface area contributed by atoms with Crippen LogP contribution in [-0.4, -0.2) is 30.5 Å². The van der Waals surface area contributed by atoms with Gasteiger partial charge in [0.25, 0.3) is 0 Å². The largest absolute Gasteiger partial charge is 0.316 e. The van der Waals surface area contributed by atoms with Crippen molar-refractivity contribution in [3.63, 3.8) is 0 Å². The van der Waals surface area contributed by atoms with Crippen molar-refractivity contribution in [3.05, 3.63) is 0 Å². The van der Waals surface area contributed by atoms with Crippen molar-refractivity contribution in [1.82, 2.24) is 5.32 Å². The molecule has 0 spiro atoms. The number of alkyl halides is 1. The van der Waals surface area contributed by atoms with E-state index in [2.05, 4.69) is 12.2 Å². The minimum absolute atomic E-state index is 0.723. The van der Waals surface area contributed by atoms with Gasteiger partial charge in [0.2, 0.25) is 0 Å². The summed E-state index contributed by atoms with van der Waals surface area (Å²) in [5.74, 6) is 3.22. The molecule has 0 rings (SSSR count).